The molecule has 0 radical (unpaired) electrons. The molecule has 8 fully saturated rings. The summed E-state index contributed by atoms with van der Waals surface area (Å²) in [6, 6.07) is 0. The molecule has 27 nitrogen and oxygen atoms in total. The molecule has 33 unspecified atom stereocenters. The Morgan fingerprint density at radius 2 is 1.09 bits per heavy atom. The second kappa shape index (κ2) is 26.4. The van der Waals surface area contributed by atoms with Crippen LogP contribution in [0.15, 0.2) is 23.3 Å². The Bertz CT molecular complexity index is 2330. The standard InChI is InChI=1S/C59H98O27/c1-24(2)10-9-14-59(8,86-53-48(76)43(71)40(68)31(83-53)23-79-51-46(74)42(70)39(67)30(82-51)22-78-50-45(73)36(64)27(63)21-77-50)25-11-16-58(7)35(25)26(62)18-33-56(5)15-13-34(55(3,4)32(56)12-17-57(33,58)6)84-54-49(44(72)38(66)29(20-61)81-54)85-52-47(75)41(69)37(65)28(19-60)80-52/h10,12,25-31,33-54,60-76H,9,11,13-23H2,1-8H3. The van der Waals surface area contributed by atoms with Crippen molar-refractivity contribution >= 4 is 0 Å². The molecule has 0 aromatic carbocycles. The summed E-state index contributed by atoms with van der Waals surface area (Å²) in [7, 11) is 0. The molecule has 17 N–H and O–H groups in total. The fraction of sp³-hybridized carbons (Fsp3) is 0.932. The predicted octanol–water partition coefficient (Wildman–Crippen LogP) is -3.82. The summed E-state index contributed by atoms with van der Waals surface area (Å²) in [5.41, 5.74) is -1.12. The number of aliphatic hydroxyl groups is 17. The third-order valence-corrected chi connectivity index (χ3v) is 21.9. The fourth-order valence-electron chi connectivity index (χ4n) is 16.6. The van der Waals surface area contributed by atoms with E-state index in [2.05, 4.69) is 32.9 Å². The quantitative estimate of drug-likeness (QED) is 0.0585. The summed E-state index contributed by atoms with van der Waals surface area (Å²) in [5, 5.41) is 184. The van der Waals surface area contributed by atoms with Crippen LogP contribution in [-0.4, -0.2) is 285 Å². The first-order valence-electron chi connectivity index (χ1n) is 30.5. The van der Waals surface area contributed by atoms with Crippen LogP contribution in [0.1, 0.15) is 107 Å². The van der Waals surface area contributed by atoms with Crippen molar-refractivity contribution in [2.24, 2.45) is 39.4 Å². The number of fused-ring (bicyclic) bond motifs is 5. The summed E-state index contributed by atoms with van der Waals surface area (Å²) in [4.78, 5) is 0. The Morgan fingerprint density at radius 1 is 0.570 bits per heavy atom. The molecule has 4 aliphatic carbocycles. The minimum absolute atomic E-state index is 0.0606. The van der Waals surface area contributed by atoms with E-state index >= 15 is 0 Å². The Hall–Kier alpha value is -1.60. The molecule has 9 aliphatic rings. The number of allylic oxidation sites excluding steroid dienone is 3. The number of aliphatic hydroxyl groups excluding tert-OH is 17. The van der Waals surface area contributed by atoms with Crippen molar-refractivity contribution < 1.29 is 134 Å². The van der Waals surface area contributed by atoms with Gasteiger partial charge in [0.15, 0.2) is 31.5 Å². The first-order valence-corrected chi connectivity index (χ1v) is 30.5. The lowest BCUT2D eigenvalue weighted by atomic mass is 9.37. The smallest absolute Gasteiger partial charge is 0.187 e. The lowest BCUT2D eigenvalue weighted by molar-refractivity contribution is -0.375. The lowest BCUT2D eigenvalue weighted by Gasteiger charge is -2.68. The summed E-state index contributed by atoms with van der Waals surface area (Å²) < 4.78 is 60.2. The molecule has 5 heterocycles. The second-order valence-corrected chi connectivity index (χ2v) is 27.7. The monoisotopic (exact) mass is 1240 g/mol. The van der Waals surface area contributed by atoms with Crippen LogP contribution in [0.3, 0.4) is 0 Å². The molecule has 0 aromatic rings. The van der Waals surface area contributed by atoms with Crippen LogP contribution < -0.4 is 0 Å². The first-order chi connectivity index (χ1) is 40.3. The van der Waals surface area contributed by atoms with Crippen molar-refractivity contribution in [3.05, 3.63) is 23.3 Å². The number of rotatable bonds is 18. The molecule has 496 valence electrons. The summed E-state index contributed by atoms with van der Waals surface area (Å²) in [6.07, 6.45) is -31.8. The van der Waals surface area contributed by atoms with E-state index in [0.29, 0.717) is 51.4 Å². The maximum atomic E-state index is 12.9. The van der Waals surface area contributed by atoms with Crippen LogP contribution in [0.4, 0.5) is 0 Å². The third-order valence-electron chi connectivity index (χ3n) is 21.9. The molecule has 5 aliphatic heterocycles. The van der Waals surface area contributed by atoms with Crippen LogP contribution in [0.5, 0.6) is 0 Å². The van der Waals surface area contributed by atoms with Gasteiger partial charge in [0.1, 0.15) is 116 Å². The molecule has 86 heavy (non-hydrogen) atoms. The average molecular weight is 1240 g/mol. The Kier molecular flexibility index (Phi) is 21.1. The molecule has 0 bridgehead atoms. The molecule has 27 heteroatoms. The molecule has 9 rings (SSSR count). The van der Waals surface area contributed by atoms with Crippen molar-refractivity contribution in [3.8, 4) is 0 Å². The van der Waals surface area contributed by atoms with E-state index in [4.69, 9.17) is 47.4 Å². The van der Waals surface area contributed by atoms with Crippen molar-refractivity contribution in [2.45, 2.75) is 272 Å². The molecule has 5 saturated heterocycles. The van der Waals surface area contributed by atoms with Gasteiger partial charge in [-0.15, -0.1) is 0 Å². The van der Waals surface area contributed by atoms with E-state index < -0.39 is 213 Å². The average Bonchev–Trinajstić information content (AvgIpc) is 1.22. The molecule has 33 atom stereocenters. The number of ether oxygens (including phenoxy) is 10. The zero-order valence-corrected chi connectivity index (χ0v) is 50.3. The van der Waals surface area contributed by atoms with Gasteiger partial charge in [0.25, 0.3) is 0 Å². The fourth-order valence-corrected chi connectivity index (χ4v) is 16.6. The molecule has 3 saturated carbocycles. The van der Waals surface area contributed by atoms with Gasteiger partial charge in [-0.25, -0.2) is 0 Å². The summed E-state index contributed by atoms with van der Waals surface area (Å²) in [5.74, 6) is -0.745. The van der Waals surface area contributed by atoms with Gasteiger partial charge in [0, 0.05) is 5.41 Å². The molecule has 0 aromatic heterocycles. The van der Waals surface area contributed by atoms with Crippen LogP contribution >= 0.6 is 0 Å². The van der Waals surface area contributed by atoms with Gasteiger partial charge in [-0.3, -0.25) is 0 Å². The minimum atomic E-state index is -1.85. The van der Waals surface area contributed by atoms with Gasteiger partial charge in [-0.05, 0) is 106 Å². The normalized spacial score (nSPS) is 52.0. The predicted molar refractivity (Wildman–Crippen MR) is 293 cm³/mol. The Morgan fingerprint density at radius 3 is 1.70 bits per heavy atom. The van der Waals surface area contributed by atoms with Crippen molar-refractivity contribution in [1.29, 1.82) is 0 Å². The highest BCUT2D eigenvalue weighted by Gasteiger charge is 2.71. The molecule has 0 spiro atoms. The largest absolute Gasteiger partial charge is 0.394 e. The van der Waals surface area contributed by atoms with E-state index in [1.165, 1.54) is 0 Å². The van der Waals surface area contributed by atoms with Crippen LogP contribution in [-0.2, 0) is 47.4 Å². The lowest BCUT2D eigenvalue weighted by Crippen LogP contribution is -2.66. The van der Waals surface area contributed by atoms with Crippen molar-refractivity contribution in [2.75, 3.05) is 33.0 Å². The van der Waals surface area contributed by atoms with E-state index in [0.717, 1.165) is 11.1 Å². The van der Waals surface area contributed by atoms with Crippen LogP contribution in [0, 0.1) is 39.4 Å². The summed E-state index contributed by atoms with van der Waals surface area (Å²) >= 11 is 0. The van der Waals surface area contributed by atoms with Crippen LogP contribution in [0.25, 0.3) is 0 Å². The highest BCUT2D eigenvalue weighted by molar-refractivity contribution is 5.34. The first kappa shape index (κ1) is 68.8. The number of hydrogen-bond donors (Lipinski definition) is 17. The zero-order chi connectivity index (χ0) is 63.1. The highest BCUT2D eigenvalue weighted by atomic mass is 16.8. The highest BCUT2D eigenvalue weighted by Crippen LogP contribution is 2.75. The minimum Gasteiger partial charge on any atom is -0.394 e. The third kappa shape index (κ3) is 12.3. The van der Waals surface area contributed by atoms with Gasteiger partial charge in [0.05, 0.1) is 50.8 Å². The van der Waals surface area contributed by atoms with Gasteiger partial charge in [-0.2, -0.15) is 0 Å². The van der Waals surface area contributed by atoms with E-state index in [1.54, 1.807) is 0 Å². The zero-order valence-electron chi connectivity index (χ0n) is 50.3. The van der Waals surface area contributed by atoms with Gasteiger partial charge in [-0.1, -0.05) is 57.9 Å². The van der Waals surface area contributed by atoms with E-state index in [-0.39, 0.29) is 24.4 Å². The summed E-state index contributed by atoms with van der Waals surface area (Å²) in [6.45, 7) is 13.8. The topological polar surface area (TPSA) is 436 Å². The van der Waals surface area contributed by atoms with Gasteiger partial charge < -0.3 is 134 Å². The van der Waals surface area contributed by atoms with Gasteiger partial charge >= 0.3 is 0 Å². The number of hydrogen-bond acceptors (Lipinski definition) is 27. The second-order valence-electron chi connectivity index (χ2n) is 27.7. The molecular formula is C59H98O27. The van der Waals surface area contributed by atoms with Gasteiger partial charge in [0.2, 0.25) is 0 Å². The van der Waals surface area contributed by atoms with Crippen molar-refractivity contribution in [1.82, 2.24) is 0 Å². The van der Waals surface area contributed by atoms with Crippen LogP contribution in [0.2, 0.25) is 0 Å². The van der Waals surface area contributed by atoms with E-state index in [1.807, 2.05) is 34.6 Å². The Labute approximate surface area is 500 Å². The maximum Gasteiger partial charge on any atom is 0.187 e. The Balaban J connectivity index is 0.916. The maximum absolute atomic E-state index is 12.9. The van der Waals surface area contributed by atoms with Crippen molar-refractivity contribution in [3.63, 3.8) is 0 Å². The molecule has 0 amide bonds. The van der Waals surface area contributed by atoms with E-state index in [9.17, 15) is 86.8 Å². The molecular weight excluding hydrogens is 1140 g/mol. The SMILES string of the molecule is CC(C)=CCCC(C)(OC1OC(COC2OC(COC3OCC(O)C(O)C3O)C(O)C(O)C2O)C(O)C(O)C1O)C1CCC2(C)C1C(O)CC1C3(C)CCC(OC4OC(CO)C(O)C(O)C4OC4OC(CO)C(O)C(O)C4O)C(C)(C)C3=CCC12C.